The number of hydrogen-bond donors (Lipinski definition) is 2. The van der Waals surface area contributed by atoms with Gasteiger partial charge in [-0.3, -0.25) is 9.82 Å². The molecule has 142 valence electrons. The second-order valence-electron chi connectivity index (χ2n) is 6.33. The molecule has 1 saturated heterocycles. The van der Waals surface area contributed by atoms with Gasteiger partial charge in [0.05, 0.1) is 27.2 Å². The Morgan fingerprint density at radius 1 is 0.926 bits per heavy atom. The molecule has 0 atom stereocenters. The number of sulfonamides is 2. The maximum Gasteiger partial charge on any atom is 0.261 e. The van der Waals surface area contributed by atoms with Crippen molar-refractivity contribution in [3.8, 4) is 0 Å². The number of hydrogen-bond acceptors (Lipinski definition) is 5. The monoisotopic (exact) mass is 406 g/mol. The number of nitrogens with one attached hydrogen (secondary N) is 2. The molecule has 2 N–H and O–H groups in total. The molecular weight excluding hydrogens is 388 g/mol. The quantitative estimate of drug-likeness (QED) is 0.674. The highest BCUT2D eigenvalue weighted by Gasteiger charge is 2.27. The van der Waals surface area contributed by atoms with Gasteiger partial charge in [-0.25, -0.2) is 16.8 Å². The van der Waals surface area contributed by atoms with Gasteiger partial charge in [-0.15, -0.1) is 0 Å². The maximum absolute atomic E-state index is 12.7. The first-order valence-corrected chi connectivity index (χ1v) is 11.4. The number of rotatable bonds is 5. The Kier molecular flexibility index (Phi) is 4.41. The minimum absolute atomic E-state index is 0.0145. The Morgan fingerprint density at radius 2 is 1.59 bits per heavy atom. The van der Waals surface area contributed by atoms with E-state index in [1.807, 2.05) is 6.07 Å². The van der Waals surface area contributed by atoms with Crippen LogP contribution in [-0.2, 0) is 20.0 Å². The summed E-state index contributed by atoms with van der Waals surface area (Å²) < 4.78 is 54.4. The van der Waals surface area contributed by atoms with Crippen molar-refractivity contribution in [2.75, 3.05) is 17.8 Å². The topological polar surface area (TPSA) is 112 Å². The average Bonchev–Trinajstić information content (AvgIpc) is 3.34. The van der Waals surface area contributed by atoms with Crippen molar-refractivity contribution >= 4 is 36.6 Å². The fourth-order valence-corrected chi connectivity index (χ4v) is 5.71. The molecule has 0 aliphatic carbocycles. The molecule has 0 unspecified atom stereocenters. The van der Waals surface area contributed by atoms with Gasteiger partial charge in [0.25, 0.3) is 10.0 Å². The van der Waals surface area contributed by atoms with Crippen LogP contribution in [0.2, 0.25) is 0 Å². The summed E-state index contributed by atoms with van der Waals surface area (Å²) in [4.78, 5) is 0.0819. The molecular formula is C17H18N4O4S2. The van der Waals surface area contributed by atoms with Crippen LogP contribution in [0.4, 0.5) is 5.69 Å². The molecule has 0 bridgehead atoms. The fourth-order valence-electron chi connectivity index (χ4n) is 3.13. The van der Waals surface area contributed by atoms with Gasteiger partial charge in [-0.05, 0) is 43.2 Å². The van der Waals surface area contributed by atoms with Gasteiger partial charge in [0, 0.05) is 18.5 Å². The largest absolute Gasteiger partial charge is 0.277 e. The normalized spacial score (nSPS) is 16.0. The molecule has 10 heteroatoms. The molecule has 0 radical (unpaired) electrons. The minimum Gasteiger partial charge on any atom is -0.277 e. The predicted octanol–water partition coefficient (Wildman–Crippen LogP) is 2.15. The lowest BCUT2D eigenvalue weighted by atomic mass is 10.2. The molecule has 2 heterocycles. The molecule has 0 saturated carbocycles. The van der Waals surface area contributed by atoms with Gasteiger partial charge in [0.2, 0.25) is 10.0 Å². The third kappa shape index (κ3) is 3.31. The number of aromatic nitrogens is 2. The zero-order chi connectivity index (χ0) is 19.1. The van der Waals surface area contributed by atoms with Gasteiger partial charge in [-0.2, -0.15) is 9.40 Å². The highest BCUT2D eigenvalue weighted by Crippen LogP contribution is 2.25. The van der Waals surface area contributed by atoms with Gasteiger partial charge < -0.3 is 0 Å². The van der Waals surface area contributed by atoms with E-state index in [4.69, 9.17) is 0 Å². The van der Waals surface area contributed by atoms with E-state index in [1.165, 1.54) is 28.6 Å². The molecule has 1 aromatic heterocycles. The average molecular weight is 406 g/mol. The minimum atomic E-state index is -3.87. The number of para-hydroxylation sites is 1. The van der Waals surface area contributed by atoms with Crippen molar-refractivity contribution in [3.05, 3.63) is 48.7 Å². The van der Waals surface area contributed by atoms with Gasteiger partial charge in [-0.1, -0.05) is 12.1 Å². The first-order chi connectivity index (χ1) is 12.9. The van der Waals surface area contributed by atoms with E-state index in [-0.39, 0.29) is 9.79 Å². The summed E-state index contributed by atoms with van der Waals surface area (Å²) in [5, 5.41) is 7.45. The van der Waals surface area contributed by atoms with E-state index >= 15 is 0 Å². The van der Waals surface area contributed by atoms with Crippen LogP contribution < -0.4 is 4.72 Å². The Bertz CT molecular complexity index is 1180. The smallest absolute Gasteiger partial charge is 0.261 e. The van der Waals surface area contributed by atoms with Crippen LogP contribution in [0, 0.1) is 0 Å². The van der Waals surface area contributed by atoms with Crippen LogP contribution in [0.25, 0.3) is 10.9 Å². The molecule has 0 spiro atoms. The molecule has 1 aliphatic heterocycles. The van der Waals surface area contributed by atoms with Gasteiger partial charge in [0.15, 0.2) is 0 Å². The second-order valence-corrected chi connectivity index (χ2v) is 9.95. The summed E-state index contributed by atoms with van der Waals surface area (Å²) in [6.07, 6.45) is 3.29. The number of H-pyrrole nitrogens is 1. The molecule has 8 nitrogen and oxygen atoms in total. The van der Waals surface area contributed by atoms with E-state index in [1.54, 1.807) is 18.3 Å². The van der Waals surface area contributed by atoms with Gasteiger partial charge >= 0.3 is 0 Å². The van der Waals surface area contributed by atoms with E-state index in [2.05, 4.69) is 14.9 Å². The van der Waals surface area contributed by atoms with Crippen LogP contribution in [-0.4, -0.2) is 44.4 Å². The molecule has 1 aliphatic rings. The van der Waals surface area contributed by atoms with Crippen LogP contribution in [0.15, 0.2) is 58.5 Å². The maximum atomic E-state index is 12.7. The molecule has 0 amide bonds. The van der Waals surface area contributed by atoms with E-state index in [0.717, 1.165) is 18.2 Å². The molecule has 27 heavy (non-hydrogen) atoms. The zero-order valence-electron chi connectivity index (χ0n) is 14.3. The first-order valence-electron chi connectivity index (χ1n) is 8.43. The Hall–Kier alpha value is -2.43. The standard InChI is InChI=1S/C17H18N4O4S2/c22-26(23,20-16-5-3-4-13-12-18-19-17(13)16)14-6-8-15(9-7-14)27(24,25)21-10-1-2-11-21/h3-9,12,20H,1-2,10-11H2,(H,18,19). The van der Waals surface area contributed by atoms with Crippen molar-refractivity contribution in [1.29, 1.82) is 0 Å². The summed E-state index contributed by atoms with van der Waals surface area (Å²) in [5.74, 6) is 0. The van der Waals surface area contributed by atoms with E-state index < -0.39 is 20.0 Å². The lowest BCUT2D eigenvalue weighted by Gasteiger charge is -2.15. The second kappa shape index (κ2) is 6.63. The summed E-state index contributed by atoms with van der Waals surface area (Å²) >= 11 is 0. The zero-order valence-corrected chi connectivity index (χ0v) is 15.9. The van der Waals surface area contributed by atoms with E-state index in [0.29, 0.717) is 24.3 Å². The summed E-state index contributed by atoms with van der Waals surface area (Å²) in [5.41, 5.74) is 0.952. The van der Waals surface area contributed by atoms with Crippen LogP contribution in [0.5, 0.6) is 0 Å². The SMILES string of the molecule is O=S(=O)(Nc1cccc2cn[nH]c12)c1ccc(S(=O)(=O)N2CCCC2)cc1. The lowest BCUT2D eigenvalue weighted by Crippen LogP contribution is -2.27. The molecule has 1 fully saturated rings. The Morgan fingerprint density at radius 3 is 2.30 bits per heavy atom. The van der Waals surface area contributed by atoms with E-state index in [9.17, 15) is 16.8 Å². The molecule has 4 rings (SSSR count). The third-order valence-electron chi connectivity index (χ3n) is 4.56. The number of aromatic amines is 1. The third-order valence-corrected chi connectivity index (χ3v) is 7.85. The van der Waals surface area contributed by atoms with Crippen LogP contribution in [0.1, 0.15) is 12.8 Å². The predicted molar refractivity (Wildman–Crippen MR) is 101 cm³/mol. The molecule has 2 aromatic carbocycles. The summed E-state index contributed by atoms with van der Waals surface area (Å²) in [6, 6.07) is 10.4. The Labute approximate surface area is 157 Å². The number of nitrogens with zero attached hydrogens (tertiary/aromatic N) is 2. The van der Waals surface area contributed by atoms with Gasteiger partial charge in [0.1, 0.15) is 0 Å². The van der Waals surface area contributed by atoms with Crippen molar-refractivity contribution in [2.24, 2.45) is 0 Å². The fraction of sp³-hybridized carbons (Fsp3) is 0.235. The van der Waals surface area contributed by atoms with Crippen molar-refractivity contribution < 1.29 is 16.8 Å². The highest BCUT2D eigenvalue weighted by molar-refractivity contribution is 7.92. The first kappa shape index (κ1) is 18.0. The number of anilines is 1. The molecule has 3 aromatic rings. The van der Waals surface area contributed by atoms with Crippen molar-refractivity contribution in [2.45, 2.75) is 22.6 Å². The van der Waals surface area contributed by atoms with Crippen molar-refractivity contribution in [3.63, 3.8) is 0 Å². The highest BCUT2D eigenvalue weighted by atomic mass is 32.2. The summed E-state index contributed by atoms with van der Waals surface area (Å²) in [7, 11) is -7.45. The Balaban J connectivity index is 1.62. The van der Waals surface area contributed by atoms with Crippen LogP contribution >= 0.6 is 0 Å². The van der Waals surface area contributed by atoms with Crippen molar-refractivity contribution in [1.82, 2.24) is 14.5 Å². The number of fused-ring (bicyclic) bond motifs is 1. The van der Waals surface area contributed by atoms with Crippen LogP contribution in [0.3, 0.4) is 0 Å². The number of benzene rings is 2. The summed E-state index contributed by atoms with van der Waals surface area (Å²) in [6.45, 7) is 0.996. The lowest BCUT2D eigenvalue weighted by molar-refractivity contribution is 0.477.